The number of thiophene rings is 1. The van der Waals surface area contributed by atoms with Crippen LogP contribution in [0.15, 0.2) is 53.9 Å². The van der Waals surface area contributed by atoms with Gasteiger partial charge in [0.05, 0.1) is 17.1 Å². The second kappa shape index (κ2) is 10.5. The van der Waals surface area contributed by atoms with Crippen LogP contribution >= 0.6 is 11.3 Å². The van der Waals surface area contributed by atoms with Crippen molar-refractivity contribution in [1.82, 2.24) is 0 Å². The van der Waals surface area contributed by atoms with Gasteiger partial charge in [-0.2, -0.15) is 0 Å². The van der Waals surface area contributed by atoms with E-state index >= 15 is 0 Å². The lowest BCUT2D eigenvalue weighted by molar-refractivity contribution is -0.384. The van der Waals surface area contributed by atoms with Gasteiger partial charge in [0.2, 0.25) is 0 Å². The molecule has 33 heavy (non-hydrogen) atoms. The number of amides is 1. The van der Waals surface area contributed by atoms with Crippen LogP contribution in [0, 0.1) is 17.0 Å². The number of esters is 2. The summed E-state index contributed by atoms with van der Waals surface area (Å²) in [5.41, 5.74) is 2.35. The van der Waals surface area contributed by atoms with Crippen LogP contribution in [0.1, 0.15) is 33.2 Å². The van der Waals surface area contributed by atoms with E-state index in [0.717, 1.165) is 28.5 Å². The fraction of sp³-hybridized carbons (Fsp3) is 0.174. The van der Waals surface area contributed by atoms with Crippen LogP contribution in [0.4, 0.5) is 10.7 Å². The van der Waals surface area contributed by atoms with Gasteiger partial charge in [-0.05, 0) is 25.5 Å². The molecular formula is C23H20N2O7S. The van der Waals surface area contributed by atoms with Crippen molar-refractivity contribution in [2.45, 2.75) is 13.8 Å². The summed E-state index contributed by atoms with van der Waals surface area (Å²) in [5.74, 6) is -2.14. The number of non-ortho nitro benzene ring substituents is 1. The van der Waals surface area contributed by atoms with Crippen LogP contribution in [0.2, 0.25) is 0 Å². The highest BCUT2D eigenvalue weighted by molar-refractivity contribution is 7.15. The Labute approximate surface area is 193 Å². The summed E-state index contributed by atoms with van der Waals surface area (Å²) >= 11 is 1.15. The number of nitro groups is 1. The predicted octanol–water partition coefficient (Wildman–Crippen LogP) is 4.60. The van der Waals surface area contributed by atoms with Crippen LogP contribution in [0.5, 0.6) is 0 Å². The second-order valence-corrected chi connectivity index (χ2v) is 7.75. The molecule has 0 unspecified atom stereocenters. The van der Waals surface area contributed by atoms with Crippen LogP contribution < -0.4 is 5.32 Å². The maximum atomic E-state index is 12.6. The molecule has 0 fully saturated rings. The average molecular weight is 468 g/mol. The summed E-state index contributed by atoms with van der Waals surface area (Å²) in [5, 5.41) is 15.4. The number of benzene rings is 2. The molecule has 9 nitrogen and oxygen atoms in total. The van der Waals surface area contributed by atoms with Crippen molar-refractivity contribution in [2.24, 2.45) is 0 Å². The highest BCUT2D eigenvalue weighted by atomic mass is 32.1. The van der Waals surface area contributed by atoms with E-state index < -0.39 is 29.4 Å². The molecule has 0 spiro atoms. The molecule has 0 aliphatic heterocycles. The number of ether oxygens (including phenoxy) is 2. The minimum atomic E-state index is -0.883. The molecule has 3 rings (SSSR count). The maximum Gasteiger partial charge on any atom is 0.341 e. The summed E-state index contributed by atoms with van der Waals surface area (Å²) in [7, 11) is 0. The number of carbonyl (C=O) groups excluding carboxylic acids is 3. The molecule has 1 aromatic heterocycles. The SMILES string of the molecule is CCOC(=O)c1c(-c2ccc(C)cc2)csc1NC(=O)COC(=O)c1cccc([N+](=O)[O-])c1. The van der Waals surface area contributed by atoms with E-state index in [-0.39, 0.29) is 28.4 Å². The Bertz CT molecular complexity index is 1200. The molecule has 10 heteroatoms. The maximum absolute atomic E-state index is 12.6. The zero-order valence-corrected chi connectivity index (χ0v) is 18.6. The van der Waals surface area contributed by atoms with Crippen LogP contribution in [-0.4, -0.2) is 36.0 Å². The van der Waals surface area contributed by atoms with E-state index in [4.69, 9.17) is 9.47 Å². The zero-order chi connectivity index (χ0) is 24.0. The number of carbonyl (C=O) groups is 3. The van der Waals surface area contributed by atoms with Crippen LogP contribution in [-0.2, 0) is 14.3 Å². The molecule has 2 aromatic carbocycles. The first kappa shape index (κ1) is 23.6. The van der Waals surface area contributed by atoms with Gasteiger partial charge in [-0.3, -0.25) is 14.9 Å². The van der Waals surface area contributed by atoms with E-state index in [0.29, 0.717) is 5.56 Å². The number of nitrogens with one attached hydrogen (secondary N) is 1. The molecular weight excluding hydrogens is 448 g/mol. The van der Waals surface area contributed by atoms with Gasteiger partial charge in [-0.25, -0.2) is 9.59 Å². The summed E-state index contributed by atoms with van der Waals surface area (Å²) in [6, 6.07) is 12.5. The zero-order valence-electron chi connectivity index (χ0n) is 17.8. The van der Waals surface area contributed by atoms with Crippen molar-refractivity contribution >= 4 is 39.9 Å². The average Bonchev–Trinajstić information content (AvgIpc) is 3.21. The second-order valence-electron chi connectivity index (χ2n) is 6.87. The number of hydrogen-bond donors (Lipinski definition) is 1. The standard InChI is InChI=1S/C23H20N2O7S/c1-3-31-23(28)20-18(15-9-7-14(2)8-10-15)13-33-21(20)24-19(26)12-32-22(27)16-5-4-6-17(11-16)25(29)30/h4-11,13H,3,12H2,1-2H3,(H,24,26). The lowest BCUT2D eigenvalue weighted by atomic mass is 10.0. The highest BCUT2D eigenvalue weighted by Gasteiger charge is 2.23. The number of aryl methyl sites for hydroxylation is 1. The fourth-order valence-corrected chi connectivity index (χ4v) is 3.90. The first-order valence-electron chi connectivity index (χ1n) is 9.87. The number of nitrogens with zero attached hydrogens (tertiary/aromatic N) is 1. The van der Waals surface area contributed by atoms with Crippen molar-refractivity contribution in [3.8, 4) is 11.1 Å². The number of anilines is 1. The van der Waals surface area contributed by atoms with Crippen molar-refractivity contribution < 1.29 is 28.8 Å². The topological polar surface area (TPSA) is 125 Å². The summed E-state index contributed by atoms with van der Waals surface area (Å²) in [4.78, 5) is 47.4. The van der Waals surface area contributed by atoms with Gasteiger partial charge in [0.25, 0.3) is 11.6 Å². The van der Waals surface area contributed by atoms with E-state index in [1.165, 1.54) is 18.2 Å². The molecule has 0 radical (unpaired) electrons. The molecule has 1 N–H and O–H groups in total. The van der Waals surface area contributed by atoms with E-state index in [9.17, 15) is 24.5 Å². The molecule has 1 heterocycles. The first-order valence-corrected chi connectivity index (χ1v) is 10.7. The Morgan fingerprint density at radius 3 is 2.45 bits per heavy atom. The molecule has 0 bridgehead atoms. The number of hydrogen-bond acceptors (Lipinski definition) is 8. The summed E-state index contributed by atoms with van der Waals surface area (Å²) < 4.78 is 10.1. The molecule has 0 aliphatic rings. The van der Waals surface area contributed by atoms with Crippen molar-refractivity contribution in [2.75, 3.05) is 18.5 Å². The predicted molar refractivity (Wildman–Crippen MR) is 122 cm³/mol. The van der Waals surface area contributed by atoms with E-state index in [2.05, 4.69) is 5.32 Å². The minimum absolute atomic E-state index is 0.0537. The largest absolute Gasteiger partial charge is 0.462 e. The lowest BCUT2D eigenvalue weighted by Crippen LogP contribution is -2.21. The molecule has 0 aliphatic carbocycles. The van der Waals surface area contributed by atoms with E-state index in [1.807, 2.05) is 31.2 Å². The van der Waals surface area contributed by atoms with Crippen molar-refractivity contribution in [3.05, 3.63) is 80.7 Å². The van der Waals surface area contributed by atoms with Gasteiger partial charge in [0.1, 0.15) is 10.6 Å². The Morgan fingerprint density at radius 1 is 1.06 bits per heavy atom. The molecule has 0 atom stereocenters. The van der Waals surface area contributed by atoms with Crippen LogP contribution in [0.3, 0.4) is 0 Å². The van der Waals surface area contributed by atoms with Gasteiger partial charge in [-0.1, -0.05) is 35.9 Å². The summed E-state index contributed by atoms with van der Waals surface area (Å²) in [6.45, 7) is 3.16. The number of rotatable bonds is 8. The van der Waals surface area contributed by atoms with Gasteiger partial charge < -0.3 is 14.8 Å². The first-order chi connectivity index (χ1) is 15.8. The van der Waals surface area contributed by atoms with Gasteiger partial charge in [0, 0.05) is 23.1 Å². The minimum Gasteiger partial charge on any atom is -0.462 e. The third-order valence-corrected chi connectivity index (χ3v) is 5.41. The van der Waals surface area contributed by atoms with Crippen molar-refractivity contribution in [3.63, 3.8) is 0 Å². The highest BCUT2D eigenvalue weighted by Crippen LogP contribution is 2.36. The molecule has 3 aromatic rings. The Hall–Kier alpha value is -4.05. The monoisotopic (exact) mass is 468 g/mol. The van der Waals surface area contributed by atoms with Crippen molar-refractivity contribution in [1.29, 1.82) is 0 Å². The molecule has 0 saturated heterocycles. The molecule has 1 amide bonds. The normalized spacial score (nSPS) is 10.4. The van der Waals surface area contributed by atoms with Crippen LogP contribution in [0.25, 0.3) is 11.1 Å². The molecule has 170 valence electrons. The Balaban J connectivity index is 1.74. The van der Waals surface area contributed by atoms with Gasteiger partial charge >= 0.3 is 11.9 Å². The third-order valence-electron chi connectivity index (χ3n) is 4.51. The third kappa shape index (κ3) is 5.80. The van der Waals surface area contributed by atoms with Gasteiger partial charge in [-0.15, -0.1) is 11.3 Å². The number of nitro benzene ring substituents is 1. The van der Waals surface area contributed by atoms with Gasteiger partial charge in [0.15, 0.2) is 6.61 Å². The Kier molecular flexibility index (Phi) is 7.52. The fourth-order valence-electron chi connectivity index (χ4n) is 2.92. The quantitative estimate of drug-likeness (QED) is 0.291. The lowest BCUT2D eigenvalue weighted by Gasteiger charge is -2.09. The molecule has 0 saturated carbocycles. The summed E-state index contributed by atoms with van der Waals surface area (Å²) in [6.07, 6.45) is 0. The van der Waals surface area contributed by atoms with E-state index in [1.54, 1.807) is 12.3 Å². The smallest absolute Gasteiger partial charge is 0.341 e. The Morgan fingerprint density at radius 2 is 1.79 bits per heavy atom.